The van der Waals surface area contributed by atoms with Crippen LogP contribution in [0.1, 0.15) is 13.3 Å². The third-order valence-electron chi connectivity index (χ3n) is 2.27. The van der Waals surface area contributed by atoms with Gasteiger partial charge in [0.15, 0.2) is 6.29 Å². The molecular formula is C11H22O5. The fourth-order valence-corrected chi connectivity index (χ4v) is 1.34. The standard InChI is InChI=1S/C11H22O5/c1-9(8-12)10(11(14-3)15-4)16-7-5-6-13-2/h8-11H,5-7H2,1-4H3/t9-,10+/m0/s1. The van der Waals surface area contributed by atoms with Gasteiger partial charge < -0.3 is 23.7 Å². The molecule has 0 radical (unpaired) electrons. The molecule has 16 heavy (non-hydrogen) atoms. The van der Waals surface area contributed by atoms with Crippen molar-refractivity contribution in [1.82, 2.24) is 0 Å². The Balaban J connectivity index is 4.14. The van der Waals surface area contributed by atoms with E-state index < -0.39 is 6.29 Å². The summed E-state index contributed by atoms with van der Waals surface area (Å²) in [4.78, 5) is 10.8. The van der Waals surface area contributed by atoms with Gasteiger partial charge in [-0.2, -0.15) is 0 Å². The minimum absolute atomic E-state index is 0.271. The molecule has 0 aromatic heterocycles. The van der Waals surface area contributed by atoms with E-state index >= 15 is 0 Å². The molecule has 5 nitrogen and oxygen atoms in total. The highest BCUT2D eigenvalue weighted by atomic mass is 16.7. The Morgan fingerprint density at radius 2 is 1.75 bits per heavy atom. The molecule has 0 amide bonds. The number of aldehydes is 1. The van der Waals surface area contributed by atoms with Crippen molar-refractivity contribution >= 4 is 6.29 Å². The molecule has 0 bridgehead atoms. The lowest BCUT2D eigenvalue weighted by Crippen LogP contribution is -2.38. The van der Waals surface area contributed by atoms with Crippen molar-refractivity contribution in [2.24, 2.45) is 5.92 Å². The van der Waals surface area contributed by atoms with E-state index in [0.29, 0.717) is 13.2 Å². The van der Waals surface area contributed by atoms with E-state index in [1.807, 2.05) is 0 Å². The van der Waals surface area contributed by atoms with Crippen molar-refractivity contribution in [2.75, 3.05) is 34.5 Å². The van der Waals surface area contributed by atoms with Crippen molar-refractivity contribution in [3.63, 3.8) is 0 Å². The van der Waals surface area contributed by atoms with Gasteiger partial charge in [-0.05, 0) is 6.42 Å². The zero-order valence-electron chi connectivity index (χ0n) is 10.5. The van der Waals surface area contributed by atoms with Crippen LogP contribution in [0.4, 0.5) is 0 Å². The van der Waals surface area contributed by atoms with Gasteiger partial charge in [0.05, 0.1) is 0 Å². The van der Waals surface area contributed by atoms with Crippen LogP contribution in [0, 0.1) is 5.92 Å². The predicted octanol–water partition coefficient (Wildman–Crippen LogP) is 0.862. The number of hydrogen-bond acceptors (Lipinski definition) is 5. The molecule has 5 heteroatoms. The summed E-state index contributed by atoms with van der Waals surface area (Å²) in [6, 6.07) is 0. The molecule has 0 aliphatic rings. The van der Waals surface area contributed by atoms with Gasteiger partial charge in [0.25, 0.3) is 0 Å². The Morgan fingerprint density at radius 3 is 2.19 bits per heavy atom. The van der Waals surface area contributed by atoms with E-state index in [1.54, 1.807) is 14.0 Å². The minimum atomic E-state index is -0.525. The Bertz CT molecular complexity index is 170. The van der Waals surface area contributed by atoms with E-state index in [1.165, 1.54) is 14.2 Å². The second-order valence-corrected chi connectivity index (χ2v) is 3.52. The molecule has 0 fully saturated rings. The normalized spacial score (nSPS) is 15.1. The van der Waals surface area contributed by atoms with Crippen molar-refractivity contribution in [3.05, 3.63) is 0 Å². The zero-order valence-corrected chi connectivity index (χ0v) is 10.5. The number of carbonyl (C=O) groups excluding carboxylic acids is 1. The van der Waals surface area contributed by atoms with Gasteiger partial charge in [0, 0.05) is 40.5 Å². The number of methoxy groups -OCH3 is 3. The lowest BCUT2D eigenvalue weighted by molar-refractivity contribution is -0.194. The smallest absolute Gasteiger partial charge is 0.183 e. The van der Waals surface area contributed by atoms with Crippen LogP contribution >= 0.6 is 0 Å². The fourth-order valence-electron chi connectivity index (χ4n) is 1.34. The summed E-state index contributed by atoms with van der Waals surface area (Å²) in [5, 5.41) is 0. The van der Waals surface area contributed by atoms with E-state index in [-0.39, 0.29) is 12.0 Å². The zero-order chi connectivity index (χ0) is 12.4. The van der Waals surface area contributed by atoms with Gasteiger partial charge in [0.1, 0.15) is 12.4 Å². The maximum Gasteiger partial charge on any atom is 0.183 e. The molecule has 0 aromatic carbocycles. The fraction of sp³-hybridized carbons (Fsp3) is 0.909. The van der Waals surface area contributed by atoms with E-state index in [0.717, 1.165) is 12.7 Å². The summed E-state index contributed by atoms with van der Waals surface area (Å²) in [6.45, 7) is 2.92. The molecule has 0 rings (SSSR count). The van der Waals surface area contributed by atoms with E-state index in [4.69, 9.17) is 18.9 Å². The van der Waals surface area contributed by atoms with Crippen molar-refractivity contribution in [1.29, 1.82) is 0 Å². The SMILES string of the molecule is COCCCO[C@@H](C(OC)OC)[C@@H](C)C=O. The maximum absolute atomic E-state index is 10.8. The molecule has 0 saturated heterocycles. The summed E-state index contributed by atoms with van der Waals surface area (Å²) >= 11 is 0. The van der Waals surface area contributed by atoms with E-state index in [2.05, 4.69) is 0 Å². The predicted molar refractivity (Wildman–Crippen MR) is 59.3 cm³/mol. The largest absolute Gasteiger partial charge is 0.385 e. The van der Waals surface area contributed by atoms with Crippen LogP contribution in [0.25, 0.3) is 0 Å². The first-order valence-corrected chi connectivity index (χ1v) is 5.32. The summed E-state index contributed by atoms with van der Waals surface area (Å²) in [5.74, 6) is -0.271. The molecule has 0 saturated carbocycles. The number of rotatable bonds is 10. The highest BCUT2D eigenvalue weighted by Gasteiger charge is 2.27. The Labute approximate surface area is 97.0 Å². The molecule has 96 valence electrons. The van der Waals surface area contributed by atoms with Crippen LogP contribution in [0.5, 0.6) is 0 Å². The van der Waals surface area contributed by atoms with Crippen LogP contribution in [0.15, 0.2) is 0 Å². The first kappa shape index (κ1) is 15.5. The van der Waals surface area contributed by atoms with Crippen molar-refractivity contribution in [2.45, 2.75) is 25.7 Å². The summed E-state index contributed by atoms with van der Waals surface area (Å²) in [6.07, 6.45) is 0.706. The molecule has 0 unspecified atom stereocenters. The first-order chi connectivity index (χ1) is 7.71. The average Bonchev–Trinajstić information content (AvgIpc) is 2.32. The molecular weight excluding hydrogens is 212 g/mol. The van der Waals surface area contributed by atoms with Crippen molar-refractivity contribution < 1.29 is 23.7 Å². The highest BCUT2D eigenvalue weighted by molar-refractivity contribution is 5.53. The number of ether oxygens (including phenoxy) is 4. The second kappa shape index (κ2) is 9.72. The Morgan fingerprint density at radius 1 is 1.12 bits per heavy atom. The molecule has 0 N–H and O–H groups in total. The summed E-state index contributed by atoms with van der Waals surface area (Å²) in [5.41, 5.74) is 0. The minimum Gasteiger partial charge on any atom is -0.385 e. The molecule has 0 heterocycles. The number of carbonyl (C=O) groups is 1. The van der Waals surface area contributed by atoms with Gasteiger partial charge in [-0.25, -0.2) is 0 Å². The Hall–Kier alpha value is -0.490. The molecule has 0 aliphatic carbocycles. The van der Waals surface area contributed by atoms with Crippen LogP contribution in [-0.4, -0.2) is 53.2 Å². The Kier molecular flexibility index (Phi) is 9.42. The average molecular weight is 234 g/mol. The number of hydrogen-bond donors (Lipinski definition) is 0. The van der Waals surface area contributed by atoms with Gasteiger partial charge in [-0.3, -0.25) is 0 Å². The van der Waals surface area contributed by atoms with Crippen LogP contribution in [-0.2, 0) is 23.7 Å². The van der Waals surface area contributed by atoms with Crippen LogP contribution in [0.3, 0.4) is 0 Å². The van der Waals surface area contributed by atoms with Gasteiger partial charge in [-0.1, -0.05) is 6.92 Å². The van der Waals surface area contributed by atoms with Crippen LogP contribution < -0.4 is 0 Å². The quantitative estimate of drug-likeness (QED) is 0.319. The maximum atomic E-state index is 10.8. The van der Waals surface area contributed by atoms with Crippen LogP contribution in [0.2, 0.25) is 0 Å². The molecule has 0 aliphatic heterocycles. The third-order valence-corrected chi connectivity index (χ3v) is 2.27. The van der Waals surface area contributed by atoms with E-state index in [9.17, 15) is 4.79 Å². The third kappa shape index (κ3) is 5.55. The molecule has 2 atom stereocenters. The monoisotopic (exact) mass is 234 g/mol. The topological polar surface area (TPSA) is 54.0 Å². The summed E-state index contributed by atoms with van der Waals surface area (Å²) < 4.78 is 20.7. The highest BCUT2D eigenvalue weighted by Crippen LogP contribution is 2.13. The van der Waals surface area contributed by atoms with Gasteiger partial charge >= 0.3 is 0 Å². The first-order valence-electron chi connectivity index (χ1n) is 5.32. The van der Waals surface area contributed by atoms with Crippen molar-refractivity contribution in [3.8, 4) is 0 Å². The van der Waals surface area contributed by atoms with Gasteiger partial charge in [0.2, 0.25) is 0 Å². The molecule has 0 spiro atoms. The summed E-state index contributed by atoms with van der Waals surface area (Å²) in [7, 11) is 4.69. The second-order valence-electron chi connectivity index (χ2n) is 3.52. The lowest BCUT2D eigenvalue weighted by Gasteiger charge is -2.27. The van der Waals surface area contributed by atoms with Gasteiger partial charge in [-0.15, -0.1) is 0 Å². The molecule has 0 aromatic rings. The lowest BCUT2D eigenvalue weighted by atomic mass is 10.1.